The maximum absolute atomic E-state index is 10.5. The molecule has 8 nitrogen and oxygen atoms in total. The predicted octanol–water partition coefficient (Wildman–Crippen LogP) is 0.742. The van der Waals surface area contributed by atoms with Gasteiger partial charge in [0, 0.05) is 30.2 Å². The number of hydrogen-bond acceptors (Lipinski definition) is 8. The van der Waals surface area contributed by atoms with Gasteiger partial charge in [-0.15, -0.1) is 0 Å². The van der Waals surface area contributed by atoms with Gasteiger partial charge in [0.15, 0.2) is 6.29 Å². The maximum atomic E-state index is 10.5. The Bertz CT molecular complexity index is 782. The van der Waals surface area contributed by atoms with Gasteiger partial charge in [0.25, 0.3) is 0 Å². The molecule has 6 N–H and O–H groups in total. The Morgan fingerprint density at radius 1 is 1.11 bits per heavy atom. The number of phenols is 2. The van der Waals surface area contributed by atoms with Crippen molar-refractivity contribution < 1.29 is 30.6 Å². The number of hydrogen-bond donors (Lipinski definition) is 6. The van der Waals surface area contributed by atoms with Crippen LogP contribution in [0.3, 0.4) is 0 Å². The molecular weight excluding hydrogens is 352 g/mol. The Morgan fingerprint density at radius 3 is 2.44 bits per heavy atom. The molecule has 0 amide bonds. The molecule has 0 aliphatic rings. The van der Waals surface area contributed by atoms with Gasteiger partial charge in [0.1, 0.15) is 17.2 Å². The molecule has 0 aliphatic carbocycles. The second-order valence-electron chi connectivity index (χ2n) is 6.08. The zero-order chi connectivity index (χ0) is 20.0. The van der Waals surface area contributed by atoms with Crippen molar-refractivity contribution in [3.8, 4) is 11.5 Å². The molecule has 0 atom stereocenters. The predicted molar refractivity (Wildman–Crippen MR) is 99.4 cm³/mol. The topological polar surface area (TPSA) is 137 Å². The number of aliphatic hydroxyl groups excluding tert-OH is 2. The summed E-state index contributed by atoms with van der Waals surface area (Å²) < 4.78 is 0. The van der Waals surface area contributed by atoms with E-state index in [1.54, 1.807) is 30.3 Å². The molecule has 8 heteroatoms. The summed E-state index contributed by atoms with van der Waals surface area (Å²) in [5.74, 6) is -0.0752. The van der Waals surface area contributed by atoms with Crippen LogP contribution in [0.1, 0.15) is 16.7 Å². The lowest BCUT2D eigenvalue weighted by molar-refractivity contribution is -0.0777. The van der Waals surface area contributed by atoms with Crippen molar-refractivity contribution in [1.29, 1.82) is 0 Å². The first-order chi connectivity index (χ1) is 12.8. The van der Waals surface area contributed by atoms with Gasteiger partial charge in [0.2, 0.25) is 0 Å². The summed E-state index contributed by atoms with van der Waals surface area (Å²) in [6.45, 7) is 2.57. The molecule has 0 aromatic heterocycles. The van der Waals surface area contributed by atoms with Gasteiger partial charge < -0.3 is 35.5 Å². The highest BCUT2D eigenvalue weighted by atomic mass is 16.5. The molecule has 0 aliphatic heterocycles. The van der Waals surface area contributed by atoms with E-state index in [4.69, 9.17) is 20.4 Å². The second-order valence-corrected chi connectivity index (χ2v) is 6.08. The first-order valence-electron chi connectivity index (χ1n) is 8.22. The summed E-state index contributed by atoms with van der Waals surface area (Å²) in [5, 5.41) is 56.8. The average molecular weight is 375 g/mol. The first-order valence-corrected chi connectivity index (χ1v) is 8.22. The minimum atomic E-state index is -1.78. The molecule has 2 aromatic rings. The molecule has 0 radical (unpaired) electrons. The Labute approximate surface area is 156 Å². The van der Waals surface area contributed by atoms with Crippen LogP contribution in [0.5, 0.6) is 11.5 Å². The number of nitrogens with zero attached hydrogens (tertiary/aromatic N) is 2. The minimum absolute atomic E-state index is 0.00996. The Balaban J connectivity index is 2.29. The summed E-state index contributed by atoms with van der Waals surface area (Å²) >= 11 is 0. The van der Waals surface area contributed by atoms with E-state index in [2.05, 4.69) is 4.99 Å². The lowest BCUT2D eigenvalue weighted by atomic mass is 10.0. The van der Waals surface area contributed by atoms with Crippen LogP contribution in [0.2, 0.25) is 0 Å². The summed E-state index contributed by atoms with van der Waals surface area (Å²) in [7, 11) is 0. The third-order valence-corrected chi connectivity index (χ3v) is 3.70. The van der Waals surface area contributed by atoms with Gasteiger partial charge in [-0.05, 0) is 37.2 Å². The molecule has 0 saturated carbocycles. The number of phenolic OH excluding ortho intramolecular Hbond substituents is 2. The molecule has 2 aromatic carbocycles. The largest absolute Gasteiger partial charge is 0.507 e. The van der Waals surface area contributed by atoms with Crippen molar-refractivity contribution in [3.05, 3.63) is 59.6 Å². The molecule has 0 bridgehead atoms. The SMILES string of the molecule is Cc1cc(C=Nc2ccccc2O)c(O)c(CN([CH-]C(O)O)CC(O)O)c1. The van der Waals surface area contributed by atoms with Gasteiger partial charge in [0.05, 0.1) is 0 Å². The van der Waals surface area contributed by atoms with E-state index in [0.717, 1.165) is 12.1 Å². The Hall–Kier alpha value is -2.49. The second kappa shape index (κ2) is 9.45. The summed E-state index contributed by atoms with van der Waals surface area (Å²) in [6.07, 6.45) is -2.05. The fourth-order valence-electron chi connectivity index (χ4n) is 2.61. The van der Waals surface area contributed by atoms with E-state index >= 15 is 0 Å². The molecule has 0 heterocycles. The highest BCUT2D eigenvalue weighted by Gasteiger charge is 2.12. The van der Waals surface area contributed by atoms with E-state index in [1.807, 2.05) is 6.92 Å². The van der Waals surface area contributed by atoms with Crippen molar-refractivity contribution in [1.82, 2.24) is 4.90 Å². The molecule has 0 unspecified atom stereocenters. The summed E-state index contributed by atoms with van der Waals surface area (Å²) in [5.41, 5.74) is 2.01. The van der Waals surface area contributed by atoms with Crippen LogP contribution >= 0.6 is 0 Å². The van der Waals surface area contributed by atoms with E-state index in [9.17, 15) is 10.2 Å². The lowest BCUT2D eigenvalue weighted by Crippen LogP contribution is -2.33. The molecule has 27 heavy (non-hydrogen) atoms. The van der Waals surface area contributed by atoms with E-state index in [0.29, 0.717) is 16.8 Å². The van der Waals surface area contributed by atoms with Crippen LogP contribution in [0, 0.1) is 13.5 Å². The molecule has 2 rings (SSSR count). The average Bonchev–Trinajstić information content (AvgIpc) is 2.56. The van der Waals surface area contributed by atoms with Crippen LogP contribution in [-0.2, 0) is 6.54 Å². The Morgan fingerprint density at radius 2 is 1.81 bits per heavy atom. The van der Waals surface area contributed by atoms with Crippen LogP contribution in [0.4, 0.5) is 5.69 Å². The molecule has 0 fully saturated rings. The maximum Gasteiger partial charge on any atom is 0.161 e. The normalized spacial score (nSPS) is 12.0. The number of aliphatic hydroxyl groups is 4. The number of para-hydroxylation sites is 2. The van der Waals surface area contributed by atoms with Crippen molar-refractivity contribution in [2.24, 2.45) is 4.99 Å². The molecule has 0 saturated heterocycles. The van der Waals surface area contributed by atoms with Crippen molar-refractivity contribution in [2.75, 3.05) is 6.54 Å². The number of benzene rings is 2. The summed E-state index contributed by atoms with van der Waals surface area (Å²) in [6, 6.07) is 9.93. The standard InChI is InChI=1S/C19H23N2O6/c1-12-6-13(8-20-15-4-2-3-5-16(15)22)19(27)14(7-12)9-21(10-17(23)24)11-18(25)26/h2-8,10,17-18,22-27H,9,11H2,1H3/q-1. The highest BCUT2D eigenvalue weighted by molar-refractivity contribution is 5.86. The monoisotopic (exact) mass is 375 g/mol. The van der Waals surface area contributed by atoms with Crippen LogP contribution in [0.25, 0.3) is 0 Å². The van der Waals surface area contributed by atoms with Crippen LogP contribution in [-0.4, -0.2) is 60.9 Å². The van der Waals surface area contributed by atoms with E-state index < -0.39 is 12.6 Å². The zero-order valence-electron chi connectivity index (χ0n) is 14.8. The van der Waals surface area contributed by atoms with Crippen molar-refractivity contribution in [2.45, 2.75) is 26.0 Å². The van der Waals surface area contributed by atoms with Crippen molar-refractivity contribution >= 4 is 11.9 Å². The van der Waals surface area contributed by atoms with Gasteiger partial charge in [-0.3, -0.25) is 4.99 Å². The van der Waals surface area contributed by atoms with Crippen LogP contribution in [0.15, 0.2) is 41.4 Å². The Kier molecular flexibility index (Phi) is 7.28. The van der Waals surface area contributed by atoms with E-state index in [1.165, 1.54) is 17.2 Å². The van der Waals surface area contributed by atoms with Crippen LogP contribution < -0.4 is 0 Å². The first kappa shape index (κ1) is 20.8. The summed E-state index contributed by atoms with van der Waals surface area (Å²) in [4.78, 5) is 5.45. The lowest BCUT2D eigenvalue weighted by Gasteiger charge is -2.34. The van der Waals surface area contributed by atoms with Crippen molar-refractivity contribution in [3.63, 3.8) is 0 Å². The molecule has 0 spiro atoms. The number of aryl methyl sites for hydroxylation is 1. The quantitative estimate of drug-likeness (QED) is 0.227. The third kappa shape index (κ3) is 6.31. The molecule has 146 valence electrons. The van der Waals surface area contributed by atoms with Gasteiger partial charge >= 0.3 is 0 Å². The fourth-order valence-corrected chi connectivity index (χ4v) is 2.61. The number of rotatable bonds is 8. The van der Waals surface area contributed by atoms with E-state index in [-0.39, 0.29) is 24.6 Å². The zero-order valence-corrected chi connectivity index (χ0v) is 14.8. The molecular formula is C19H23N2O6-. The number of aromatic hydroxyl groups is 2. The van der Waals surface area contributed by atoms with Gasteiger partial charge in [-0.2, -0.15) is 0 Å². The third-order valence-electron chi connectivity index (χ3n) is 3.70. The minimum Gasteiger partial charge on any atom is -0.507 e. The number of aliphatic imine (C=N–C) groups is 1. The van der Waals surface area contributed by atoms with Gasteiger partial charge in [-0.25, -0.2) is 6.54 Å². The highest BCUT2D eigenvalue weighted by Crippen LogP contribution is 2.28. The van der Waals surface area contributed by atoms with Gasteiger partial charge in [-0.1, -0.05) is 18.2 Å². The fraction of sp³-hybridized carbons (Fsp3) is 0.263. The smallest absolute Gasteiger partial charge is 0.161 e.